The predicted molar refractivity (Wildman–Crippen MR) is 127 cm³/mol. The molecule has 5 nitrogen and oxygen atoms in total. The Labute approximate surface area is 189 Å². The van der Waals surface area contributed by atoms with Crippen LogP contribution in [0, 0.1) is 5.92 Å². The van der Waals surface area contributed by atoms with E-state index in [2.05, 4.69) is 13.0 Å². The number of furan rings is 1. The van der Waals surface area contributed by atoms with Crippen LogP contribution in [-0.4, -0.2) is 41.8 Å². The van der Waals surface area contributed by atoms with Crippen LogP contribution in [0.2, 0.25) is 0 Å². The fourth-order valence-corrected chi connectivity index (χ4v) is 4.42. The summed E-state index contributed by atoms with van der Waals surface area (Å²) in [7, 11) is 1.86. The summed E-state index contributed by atoms with van der Waals surface area (Å²) < 4.78 is 5.98. The number of carbonyl (C=O) groups excluding carboxylic acids is 2. The number of hydrogen-bond donors (Lipinski definition) is 0. The molecule has 0 N–H and O–H groups in total. The van der Waals surface area contributed by atoms with E-state index >= 15 is 0 Å². The Morgan fingerprint density at radius 1 is 1.06 bits per heavy atom. The van der Waals surface area contributed by atoms with Crippen LogP contribution in [0.1, 0.15) is 36.7 Å². The number of likely N-dealkylation sites (tertiary alicyclic amines) is 1. The summed E-state index contributed by atoms with van der Waals surface area (Å²) in [6.07, 6.45) is 5.65. The lowest BCUT2D eigenvalue weighted by atomic mass is 9.95. The van der Waals surface area contributed by atoms with Crippen molar-refractivity contribution < 1.29 is 14.0 Å². The van der Waals surface area contributed by atoms with E-state index in [0.29, 0.717) is 32.5 Å². The minimum atomic E-state index is -0.0506. The molecule has 0 aliphatic carbocycles. The van der Waals surface area contributed by atoms with Crippen LogP contribution in [0.4, 0.5) is 0 Å². The maximum atomic E-state index is 13.1. The number of fused-ring (bicyclic) bond motifs is 1. The Morgan fingerprint density at radius 2 is 1.75 bits per heavy atom. The first-order chi connectivity index (χ1) is 15.6. The van der Waals surface area contributed by atoms with Crippen molar-refractivity contribution in [1.82, 2.24) is 9.80 Å². The number of rotatable bonds is 6. The molecule has 1 aliphatic heterocycles. The van der Waals surface area contributed by atoms with Crippen LogP contribution in [0.25, 0.3) is 17.0 Å². The topological polar surface area (TPSA) is 53.8 Å². The van der Waals surface area contributed by atoms with Crippen molar-refractivity contribution in [3.8, 4) is 0 Å². The molecule has 0 saturated carbocycles. The third-order valence-corrected chi connectivity index (χ3v) is 6.25. The van der Waals surface area contributed by atoms with E-state index in [1.54, 1.807) is 6.08 Å². The van der Waals surface area contributed by atoms with E-state index in [1.807, 2.05) is 71.5 Å². The number of piperidine rings is 1. The Kier molecular flexibility index (Phi) is 6.74. The van der Waals surface area contributed by atoms with E-state index in [1.165, 1.54) is 0 Å². The summed E-state index contributed by atoms with van der Waals surface area (Å²) in [4.78, 5) is 29.3. The maximum Gasteiger partial charge on any atom is 0.246 e. The molecule has 2 amide bonds. The lowest BCUT2D eigenvalue weighted by molar-refractivity contribution is -0.138. The van der Waals surface area contributed by atoms with Crippen molar-refractivity contribution in [2.45, 2.75) is 32.7 Å². The first-order valence-corrected chi connectivity index (χ1v) is 11.3. The van der Waals surface area contributed by atoms with Gasteiger partial charge in [-0.15, -0.1) is 0 Å². The molecule has 5 heteroatoms. The average Bonchev–Trinajstić information content (AvgIpc) is 3.20. The zero-order valence-electron chi connectivity index (χ0n) is 18.8. The van der Waals surface area contributed by atoms with Crippen LogP contribution in [0.3, 0.4) is 0 Å². The number of para-hydroxylation sites is 1. The monoisotopic (exact) mass is 430 g/mol. The highest BCUT2D eigenvalue weighted by Crippen LogP contribution is 2.28. The largest absolute Gasteiger partial charge is 0.461 e. The van der Waals surface area contributed by atoms with E-state index in [-0.39, 0.29) is 17.7 Å². The second-order valence-electron chi connectivity index (χ2n) is 8.39. The third-order valence-electron chi connectivity index (χ3n) is 6.25. The van der Waals surface area contributed by atoms with Gasteiger partial charge < -0.3 is 14.2 Å². The zero-order chi connectivity index (χ0) is 22.5. The van der Waals surface area contributed by atoms with Gasteiger partial charge in [0.15, 0.2) is 0 Å². The fraction of sp³-hybridized carbons (Fsp3) is 0.333. The van der Waals surface area contributed by atoms with Crippen molar-refractivity contribution in [2.75, 3.05) is 20.1 Å². The Morgan fingerprint density at radius 3 is 2.47 bits per heavy atom. The van der Waals surface area contributed by atoms with Crippen LogP contribution >= 0.6 is 0 Å². The molecule has 0 bridgehead atoms. The smallest absolute Gasteiger partial charge is 0.246 e. The molecule has 166 valence electrons. The SMILES string of the molecule is CCc1oc2ccccc2c1CN(C)C(=O)C1CCN(C(=O)/C=C/c2ccccc2)CC1. The van der Waals surface area contributed by atoms with Gasteiger partial charge in [-0.3, -0.25) is 9.59 Å². The second kappa shape index (κ2) is 9.86. The highest BCUT2D eigenvalue weighted by Gasteiger charge is 2.29. The molecule has 1 fully saturated rings. The summed E-state index contributed by atoms with van der Waals surface area (Å²) in [5.74, 6) is 1.04. The number of amides is 2. The minimum Gasteiger partial charge on any atom is -0.461 e. The van der Waals surface area contributed by atoms with E-state index < -0.39 is 0 Å². The Balaban J connectivity index is 1.34. The number of benzene rings is 2. The minimum absolute atomic E-state index is 0.00515. The molecule has 0 radical (unpaired) electrons. The van der Waals surface area contributed by atoms with Crippen LogP contribution < -0.4 is 0 Å². The number of carbonyl (C=O) groups is 2. The van der Waals surface area contributed by atoms with Gasteiger partial charge in [-0.1, -0.05) is 55.5 Å². The van der Waals surface area contributed by atoms with Crippen molar-refractivity contribution in [3.05, 3.63) is 77.6 Å². The summed E-state index contributed by atoms with van der Waals surface area (Å²) in [6.45, 7) is 3.83. The average molecular weight is 431 g/mol. The molecule has 0 unspecified atom stereocenters. The molecule has 0 spiro atoms. The van der Waals surface area contributed by atoms with Crippen molar-refractivity contribution >= 4 is 28.9 Å². The first kappa shape index (κ1) is 21.9. The van der Waals surface area contributed by atoms with Gasteiger partial charge in [0.05, 0.1) is 0 Å². The van der Waals surface area contributed by atoms with E-state index in [4.69, 9.17) is 4.42 Å². The molecule has 0 atom stereocenters. The van der Waals surface area contributed by atoms with Crippen LogP contribution in [0.15, 0.2) is 65.1 Å². The molecule has 3 aromatic rings. The van der Waals surface area contributed by atoms with Crippen molar-refractivity contribution in [1.29, 1.82) is 0 Å². The maximum absolute atomic E-state index is 13.1. The molecule has 32 heavy (non-hydrogen) atoms. The number of aryl methyl sites for hydroxylation is 1. The summed E-state index contributed by atoms with van der Waals surface area (Å²) in [6, 6.07) is 17.8. The van der Waals surface area contributed by atoms with Crippen LogP contribution in [0.5, 0.6) is 0 Å². The summed E-state index contributed by atoms with van der Waals surface area (Å²) >= 11 is 0. The van der Waals surface area contributed by atoms with Gasteiger partial charge in [-0.25, -0.2) is 0 Å². The quantitative estimate of drug-likeness (QED) is 0.523. The molecule has 2 heterocycles. The van der Waals surface area contributed by atoms with Crippen molar-refractivity contribution in [2.24, 2.45) is 5.92 Å². The van der Waals surface area contributed by atoms with Gasteiger partial charge in [0, 0.05) is 56.0 Å². The third kappa shape index (κ3) is 4.77. The zero-order valence-corrected chi connectivity index (χ0v) is 18.8. The molecule has 1 aliphatic rings. The standard InChI is InChI=1S/C27H30N2O3/c1-3-24-23(22-11-7-8-12-25(22)32-24)19-28(2)27(31)21-15-17-29(18-16-21)26(30)14-13-20-9-5-4-6-10-20/h4-14,21H,3,15-19H2,1-2H3/b14-13+. The molecular weight excluding hydrogens is 400 g/mol. The van der Waals surface area contributed by atoms with E-state index in [9.17, 15) is 9.59 Å². The first-order valence-electron chi connectivity index (χ1n) is 11.3. The number of hydrogen-bond acceptors (Lipinski definition) is 3. The van der Waals surface area contributed by atoms with Gasteiger partial charge in [0.25, 0.3) is 0 Å². The van der Waals surface area contributed by atoms with Gasteiger partial charge in [-0.05, 0) is 30.5 Å². The molecule has 1 saturated heterocycles. The second-order valence-corrected chi connectivity index (χ2v) is 8.39. The van der Waals surface area contributed by atoms with Gasteiger partial charge in [0.1, 0.15) is 11.3 Å². The van der Waals surface area contributed by atoms with Crippen LogP contribution in [-0.2, 0) is 22.6 Å². The Bertz CT molecular complexity index is 1110. The molecule has 4 rings (SSSR count). The van der Waals surface area contributed by atoms with Gasteiger partial charge >= 0.3 is 0 Å². The van der Waals surface area contributed by atoms with Gasteiger partial charge in [0.2, 0.25) is 11.8 Å². The van der Waals surface area contributed by atoms with Gasteiger partial charge in [-0.2, -0.15) is 0 Å². The molecular formula is C27H30N2O3. The highest BCUT2D eigenvalue weighted by atomic mass is 16.3. The normalized spacial score (nSPS) is 14.9. The Hall–Kier alpha value is -3.34. The lowest BCUT2D eigenvalue weighted by Gasteiger charge is -2.32. The fourth-order valence-electron chi connectivity index (χ4n) is 4.42. The highest BCUT2D eigenvalue weighted by molar-refractivity contribution is 5.92. The molecule has 2 aromatic carbocycles. The number of nitrogens with zero attached hydrogens (tertiary/aromatic N) is 2. The van der Waals surface area contributed by atoms with Crippen molar-refractivity contribution in [3.63, 3.8) is 0 Å². The molecule has 1 aromatic heterocycles. The summed E-state index contributed by atoms with van der Waals surface area (Å²) in [5, 5.41) is 1.08. The predicted octanol–water partition coefficient (Wildman–Crippen LogP) is 4.91. The van der Waals surface area contributed by atoms with E-state index in [0.717, 1.165) is 34.3 Å². The summed E-state index contributed by atoms with van der Waals surface area (Å²) in [5.41, 5.74) is 2.97. The lowest BCUT2D eigenvalue weighted by Crippen LogP contribution is -2.42.